The van der Waals surface area contributed by atoms with Crippen LogP contribution in [0.2, 0.25) is 0 Å². The Morgan fingerprint density at radius 2 is 1.82 bits per heavy atom. The van der Waals surface area contributed by atoms with Crippen LogP contribution >= 0.6 is 0 Å². The molecule has 4 heteroatoms. The zero-order chi connectivity index (χ0) is 15.7. The Labute approximate surface area is 130 Å². The minimum atomic E-state index is -0.173. The lowest BCUT2D eigenvalue weighted by molar-refractivity contribution is 0.250. The lowest BCUT2D eigenvalue weighted by Gasteiger charge is -2.10. The molecule has 0 radical (unpaired) electrons. The highest BCUT2D eigenvalue weighted by atomic mass is 16.2. The van der Waals surface area contributed by atoms with E-state index in [9.17, 15) is 4.79 Å². The number of aromatic nitrogens is 1. The molecule has 1 heterocycles. The molecule has 0 aliphatic heterocycles. The SMILES string of the molecule is CCn1c2ccccc2c2cc(NC(=O)NC(C)C)ccc21. The number of nitrogens with one attached hydrogen (secondary N) is 2. The van der Waals surface area contributed by atoms with Crippen LogP contribution in [0.25, 0.3) is 21.8 Å². The summed E-state index contributed by atoms with van der Waals surface area (Å²) >= 11 is 0. The molecule has 22 heavy (non-hydrogen) atoms. The van der Waals surface area contributed by atoms with E-state index >= 15 is 0 Å². The van der Waals surface area contributed by atoms with Crippen LogP contribution in [-0.4, -0.2) is 16.6 Å². The van der Waals surface area contributed by atoms with Crippen LogP contribution < -0.4 is 10.6 Å². The van der Waals surface area contributed by atoms with E-state index in [4.69, 9.17) is 0 Å². The molecule has 114 valence electrons. The zero-order valence-electron chi connectivity index (χ0n) is 13.2. The molecule has 3 aromatic rings. The predicted molar refractivity (Wildman–Crippen MR) is 92.4 cm³/mol. The normalized spacial score (nSPS) is 11.3. The van der Waals surface area contributed by atoms with Gasteiger partial charge in [-0.25, -0.2) is 4.79 Å². The van der Waals surface area contributed by atoms with Gasteiger partial charge < -0.3 is 15.2 Å². The fourth-order valence-corrected chi connectivity index (χ4v) is 2.90. The molecule has 1 aromatic heterocycles. The van der Waals surface area contributed by atoms with Crippen molar-refractivity contribution in [1.29, 1.82) is 0 Å². The third-order valence-electron chi connectivity index (χ3n) is 3.77. The smallest absolute Gasteiger partial charge is 0.319 e. The van der Waals surface area contributed by atoms with Gasteiger partial charge in [-0.1, -0.05) is 18.2 Å². The number of amides is 2. The molecule has 2 amide bonds. The van der Waals surface area contributed by atoms with Gasteiger partial charge in [-0.2, -0.15) is 0 Å². The van der Waals surface area contributed by atoms with Gasteiger partial charge in [-0.05, 0) is 45.0 Å². The van der Waals surface area contributed by atoms with Crippen LogP contribution in [-0.2, 0) is 6.54 Å². The Hall–Kier alpha value is -2.49. The number of fused-ring (bicyclic) bond motifs is 3. The first kappa shape index (κ1) is 14.4. The summed E-state index contributed by atoms with van der Waals surface area (Å²) in [6.45, 7) is 6.95. The molecule has 2 aromatic carbocycles. The van der Waals surface area contributed by atoms with Crippen LogP contribution in [0.4, 0.5) is 10.5 Å². The maximum atomic E-state index is 11.9. The van der Waals surface area contributed by atoms with Gasteiger partial charge in [0.1, 0.15) is 0 Å². The molecule has 4 nitrogen and oxygen atoms in total. The van der Waals surface area contributed by atoms with E-state index in [1.54, 1.807) is 0 Å². The number of urea groups is 1. The molecular formula is C18H21N3O. The standard InChI is InChI=1S/C18H21N3O/c1-4-21-16-8-6-5-7-14(16)15-11-13(9-10-17(15)21)20-18(22)19-12(2)3/h5-12H,4H2,1-3H3,(H2,19,20,22). The molecule has 0 saturated carbocycles. The van der Waals surface area contributed by atoms with E-state index in [1.807, 2.05) is 32.0 Å². The monoisotopic (exact) mass is 295 g/mol. The van der Waals surface area contributed by atoms with E-state index in [-0.39, 0.29) is 12.1 Å². The Morgan fingerprint density at radius 1 is 1.09 bits per heavy atom. The van der Waals surface area contributed by atoms with Crippen molar-refractivity contribution in [3.05, 3.63) is 42.5 Å². The maximum absolute atomic E-state index is 11.9. The van der Waals surface area contributed by atoms with Crippen LogP contribution in [0.1, 0.15) is 20.8 Å². The average Bonchev–Trinajstić information content (AvgIpc) is 2.79. The van der Waals surface area contributed by atoms with Gasteiger partial charge >= 0.3 is 6.03 Å². The molecule has 0 aliphatic rings. The summed E-state index contributed by atoms with van der Waals surface area (Å²) in [7, 11) is 0. The zero-order valence-corrected chi connectivity index (χ0v) is 13.2. The number of anilines is 1. The van der Waals surface area contributed by atoms with Crippen molar-refractivity contribution in [2.24, 2.45) is 0 Å². The molecule has 0 fully saturated rings. The van der Waals surface area contributed by atoms with Gasteiger partial charge in [0.15, 0.2) is 0 Å². The van der Waals surface area contributed by atoms with Crippen molar-refractivity contribution in [2.75, 3.05) is 5.32 Å². The van der Waals surface area contributed by atoms with Crippen molar-refractivity contribution in [1.82, 2.24) is 9.88 Å². The van der Waals surface area contributed by atoms with E-state index in [2.05, 4.69) is 46.4 Å². The van der Waals surface area contributed by atoms with Crippen molar-refractivity contribution in [3.63, 3.8) is 0 Å². The third-order valence-corrected chi connectivity index (χ3v) is 3.77. The van der Waals surface area contributed by atoms with E-state index in [0.29, 0.717) is 0 Å². The van der Waals surface area contributed by atoms with Gasteiger partial charge in [0.05, 0.1) is 0 Å². The van der Waals surface area contributed by atoms with Crippen LogP contribution in [0.15, 0.2) is 42.5 Å². The fourth-order valence-electron chi connectivity index (χ4n) is 2.90. The highest BCUT2D eigenvalue weighted by molar-refractivity contribution is 6.09. The number of carbonyl (C=O) groups excluding carboxylic acids is 1. The van der Waals surface area contributed by atoms with Gasteiger partial charge in [-0.15, -0.1) is 0 Å². The minimum absolute atomic E-state index is 0.116. The Bertz CT molecular complexity index is 833. The molecule has 0 unspecified atom stereocenters. The highest BCUT2D eigenvalue weighted by Gasteiger charge is 2.10. The summed E-state index contributed by atoms with van der Waals surface area (Å²) in [6, 6.07) is 14.4. The Morgan fingerprint density at radius 3 is 2.55 bits per heavy atom. The van der Waals surface area contributed by atoms with Crippen molar-refractivity contribution < 1.29 is 4.79 Å². The second-order valence-corrected chi connectivity index (χ2v) is 5.75. The average molecular weight is 295 g/mol. The van der Waals surface area contributed by atoms with Gasteiger partial charge in [-0.3, -0.25) is 0 Å². The summed E-state index contributed by atoms with van der Waals surface area (Å²) < 4.78 is 2.29. The number of nitrogens with zero attached hydrogens (tertiary/aromatic N) is 1. The Balaban J connectivity index is 2.06. The second kappa shape index (κ2) is 5.72. The number of aryl methyl sites for hydroxylation is 1. The van der Waals surface area contributed by atoms with E-state index in [1.165, 1.54) is 21.8 Å². The molecule has 2 N–H and O–H groups in total. The van der Waals surface area contributed by atoms with E-state index in [0.717, 1.165) is 12.2 Å². The second-order valence-electron chi connectivity index (χ2n) is 5.75. The number of benzene rings is 2. The molecule has 0 bridgehead atoms. The molecular weight excluding hydrogens is 274 g/mol. The summed E-state index contributed by atoms with van der Waals surface area (Å²) in [6.07, 6.45) is 0. The minimum Gasteiger partial charge on any atom is -0.341 e. The fraction of sp³-hybridized carbons (Fsp3) is 0.278. The van der Waals surface area contributed by atoms with Gasteiger partial charge in [0.25, 0.3) is 0 Å². The van der Waals surface area contributed by atoms with Crippen molar-refractivity contribution in [3.8, 4) is 0 Å². The molecule has 3 rings (SSSR count). The van der Waals surface area contributed by atoms with E-state index < -0.39 is 0 Å². The quantitative estimate of drug-likeness (QED) is 0.741. The summed E-state index contributed by atoms with van der Waals surface area (Å²) in [5.74, 6) is 0. The number of para-hydroxylation sites is 1. The highest BCUT2D eigenvalue weighted by Crippen LogP contribution is 2.30. The number of rotatable bonds is 3. The molecule has 0 saturated heterocycles. The largest absolute Gasteiger partial charge is 0.341 e. The molecule has 0 aliphatic carbocycles. The first-order valence-electron chi connectivity index (χ1n) is 7.68. The molecule has 0 atom stereocenters. The van der Waals surface area contributed by atoms with Gasteiger partial charge in [0, 0.05) is 40.1 Å². The molecule has 0 spiro atoms. The predicted octanol–water partition coefficient (Wildman–Crippen LogP) is 4.34. The lowest BCUT2D eigenvalue weighted by atomic mass is 10.1. The topological polar surface area (TPSA) is 46.1 Å². The number of hydrogen-bond acceptors (Lipinski definition) is 1. The summed E-state index contributed by atoms with van der Waals surface area (Å²) in [5, 5.41) is 8.12. The Kier molecular flexibility index (Phi) is 3.75. The lowest BCUT2D eigenvalue weighted by Crippen LogP contribution is -2.34. The summed E-state index contributed by atoms with van der Waals surface area (Å²) in [4.78, 5) is 11.9. The van der Waals surface area contributed by atoms with Crippen LogP contribution in [0.5, 0.6) is 0 Å². The van der Waals surface area contributed by atoms with Crippen LogP contribution in [0, 0.1) is 0 Å². The van der Waals surface area contributed by atoms with Crippen molar-refractivity contribution >= 4 is 33.5 Å². The number of hydrogen-bond donors (Lipinski definition) is 2. The van der Waals surface area contributed by atoms with Crippen LogP contribution in [0.3, 0.4) is 0 Å². The van der Waals surface area contributed by atoms with Crippen molar-refractivity contribution in [2.45, 2.75) is 33.4 Å². The first-order valence-corrected chi connectivity index (χ1v) is 7.68. The first-order chi connectivity index (χ1) is 10.6. The third kappa shape index (κ3) is 2.52. The van der Waals surface area contributed by atoms with Gasteiger partial charge in [0.2, 0.25) is 0 Å². The number of carbonyl (C=O) groups is 1. The summed E-state index contributed by atoms with van der Waals surface area (Å²) in [5.41, 5.74) is 3.23. The maximum Gasteiger partial charge on any atom is 0.319 e.